The zero-order valence-corrected chi connectivity index (χ0v) is 15.2. The summed E-state index contributed by atoms with van der Waals surface area (Å²) < 4.78 is 0. The third-order valence-corrected chi connectivity index (χ3v) is 4.66. The van der Waals surface area contributed by atoms with Crippen LogP contribution >= 0.6 is 11.8 Å². The van der Waals surface area contributed by atoms with E-state index in [-0.39, 0.29) is 11.6 Å². The molecule has 1 saturated heterocycles. The van der Waals surface area contributed by atoms with Gasteiger partial charge in [0.2, 0.25) is 0 Å². The topological polar surface area (TPSA) is 84.6 Å². The van der Waals surface area contributed by atoms with Crippen molar-refractivity contribution in [2.45, 2.75) is 20.4 Å². The van der Waals surface area contributed by atoms with Gasteiger partial charge < -0.3 is 5.32 Å². The standard InChI is InChI=1S/C19H17N3O3S/c1-12-6-13(2)8-15(7-12)11-20-19-21-18(23)17(26-19)10-14-4-3-5-16(9-14)22(24)25/h3-10H,11H2,1-2H3,(H,20,21,23)/b17-10-. The number of benzene rings is 2. The van der Waals surface area contributed by atoms with Gasteiger partial charge in [0, 0.05) is 12.1 Å². The second kappa shape index (κ2) is 7.53. The molecule has 1 fully saturated rings. The summed E-state index contributed by atoms with van der Waals surface area (Å²) in [5.74, 6) is -0.249. The number of aryl methyl sites for hydroxylation is 2. The number of aliphatic imine (C=N–C) groups is 1. The smallest absolute Gasteiger partial charge is 0.270 e. The van der Waals surface area contributed by atoms with E-state index in [2.05, 4.69) is 28.5 Å². The van der Waals surface area contributed by atoms with E-state index in [1.807, 2.05) is 13.8 Å². The lowest BCUT2D eigenvalue weighted by atomic mass is 10.1. The zero-order chi connectivity index (χ0) is 18.7. The number of rotatable bonds is 4. The van der Waals surface area contributed by atoms with E-state index >= 15 is 0 Å². The van der Waals surface area contributed by atoms with Crippen molar-refractivity contribution in [3.05, 3.63) is 79.7 Å². The molecule has 0 bridgehead atoms. The van der Waals surface area contributed by atoms with E-state index in [4.69, 9.17) is 0 Å². The number of nitrogens with one attached hydrogen (secondary N) is 1. The van der Waals surface area contributed by atoms with E-state index in [0.29, 0.717) is 22.2 Å². The molecular weight excluding hydrogens is 350 g/mol. The molecule has 26 heavy (non-hydrogen) atoms. The number of hydrogen-bond acceptors (Lipinski definition) is 5. The Balaban J connectivity index is 1.75. The van der Waals surface area contributed by atoms with Gasteiger partial charge in [0.05, 0.1) is 16.4 Å². The van der Waals surface area contributed by atoms with Crippen molar-refractivity contribution in [3.8, 4) is 0 Å². The number of non-ortho nitro benzene ring substituents is 1. The van der Waals surface area contributed by atoms with Gasteiger partial charge in [-0.05, 0) is 42.8 Å². The molecule has 7 heteroatoms. The number of hydrogen-bond donors (Lipinski definition) is 1. The fraction of sp³-hybridized carbons (Fsp3) is 0.158. The summed E-state index contributed by atoms with van der Waals surface area (Å²) in [5, 5.41) is 14.1. The van der Waals surface area contributed by atoms with Crippen LogP contribution in [0.1, 0.15) is 22.3 Å². The monoisotopic (exact) mass is 367 g/mol. The number of nitrogens with zero attached hydrogens (tertiary/aromatic N) is 2. The third-order valence-electron chi connectivity index (χ3n) is 3.72. The van der Waals surface area contributed by atoms with Gasteiger partial charge in [-0.15, -0.1) is 0 Å². The lowest BCUT2D eigenvalue weighted by Gasteiger charge is -2.02. The van der Waals surface area contributed by atoms with Crippen LogP contribution in [0.15, 0.2) is 52.4 Å². The molecule has 0 radical (unpaired) electrons. The molecule has 0 saturated carbocycles. The summed E-state index contributed by atoms with van der Waals surface area (Å²) in [7, 11) is 0. The lowest BCUT2D eigenvalue weighted by Crippen LogP contribution is -2.19. The molecule has 0 aromatic heterocycles. The minimum absolute atomic E-state index is 0.00790. The first-order chi connectivity index (χ1) is 12.4. The van der Waals surface area contributed by atoms with Gasteiger partial charge in [-0.1, -0.05) is 41.5 Å². The predicted octanol–water partition coefficient (Wildman–Crippen LogP) is 3.97. The Labute approximate surface area is 155 Å². The highest BCUT2D eigenvalue weighted by molar-refractivity contribution is 8.18. The maximum Gasteiger partial charge on any atom is 0.270 e. The van der Waals surface area contributed by atoms with Crippen LogP contribution in [0.5, 0.6) is 0 Å². The Kier molecular flexibility index (Phi) is 5.18. The average Bonchev–Trinajstić information content (AvgIpc) is 2.92. The number of amidine groups is 1. The van der Waals surface area contributed by atoms with Crippen LogP contribution in [0, 0.1) is 24.0 Å². The Morgan fingerprint density at radius 2 is 1.92 bits per heavy atom. The molecule has 1 N–H and O–H groups in total. The summed E-state index contributed by atoms with van der Waals surface area (Å²) in [6, 6.07) is 12.4. The Hall–Kier alpha value is -2.93. The summed E-state index contributed by atoms with van der Waals surface area (Å²) in [6.45, 7) is 4.56. The molecule has 1 aliphatic rings. The number of nitro groups is 1. The van der Waals surface area contributed by atoms with E-state index in [0.717, 1.165) is 5.56 Å². The van der Waals surface area contributed by atoms with Crippen LogP contribution in [0.2, 0.25) is 0 Å². The van der Waals surface area contributed by atoms with E-state index in [9.17, 15) is 14.9 Å². The second-order valence-corrected chi connectivity index (χ2v) is 7.06. The largest absolute Gasteiger partial charge is 0.301 e. The van der Waals surface area contributed by atoms with Crippen molar-refractivity contribution in [1.29, 1.82) is 0 Å². The van der Waals surface area contributed by atoms with Crippen LogP contribution in [0.3, 0.4) is 0 Å². The molecule has 1 heterocycles. The average molecular weight is 367 g/mol. The van der Waals surface area contributed by atoms with E-state index < -0.39 is 4.92 Å². The molecule has 1 amide bonds. The Bertz CT molecular complexity index is 931. The second-order valence-electron chi connectivity index (χ2n) is 6.03. The highest BCUT2D eigenvalue weighted by Gasteiger charge is 2.23. The normalized spacial score (nSPS) is 16.9. The number of carbonyl (C=O) groups excluding carboxylic acids is 1. The van der Waals surface area contributed by atoms with Gasteiger partial charge in [-0.2, -0.15) is 0 Å². The van der Waals surface area contributed by atoms with Crippen molar-refractivity contribution >= 4 is 34.6 Å². The zero-order valence-electron chi connectivity index (χ0n) is 14.4. The van der Waals surface area contributed by atoms with Gasteiger partial charge in [0.25, 0.3) is 11.6 Å². The number of carbonyl (C=O) groups is 1. The van der Waals surface area contributed by atoms with Crippen molar-refractivity contribution in [2.24, 2.45) is 4.99 Å². The quantitative estimate of drug-likeness (QED) is 0.503. The fourth-order valence-electron chi connectivity index (χ4n) is 2.70. The summed E-state index contributed by atoms with van der Waals surface area (Å²) in [6.07, 6.45) is 1.63. The van der Waals surface area contributed by atoms with Crippen LogP contribution in [0.25, 0.3) is 6.08 Å². The van der Waals surface area contributed by atoms with Gasteiger partial charge in [0.1, 0.15) is 0 Å². The Morgan fingerprint density at radius 1 is 1.19 bits per heavy atom. The molecule has 2 aromatic rings. The van der Waals surface area contributed by atoms with Crippen molar-refractivity contribution < 1.29 is 9.72 Å². The molecule has 132 valence electrons. The minimum Gasteiger partial charge on any atom is -0.301 e. The molecule has 2 aromatic carbocycles. The van der Waals surface area contributed by atoms with Crippen molar-refractivity contribution in [3.63, 3.8) is 0 Å². The highest BCUT2D eigenvalue weighted by Crippen LogP contribution is 2.27. The molecule has 0 atom stereocenters. The van der Waals surface area contributed by atoms with Gasteiger partial charge in [-0.3, -0.25) is 19.9 Å². The van der Waals surface area contributed by atoms with Crippen LogP contribution in [-0.4, -0.2) is 16.0 Å². The fourth-order valence-corrected chi connectivity index (χ4v) is 3.52. The third kappa shape index (κ3) is 4.37. The molecular formula is C19H17N3O3S. The van der Waals surface area contributed by atoms with Crippen molar-refractivity contribution in [2.75, 3.05) is 0 Å². The first-order valence-electron chi connectivity index (χ1n) is 7.98. The molecule has 0 spiro atoms. The van der Waals surface area contributed by atoms with Crippen LogP contribution < -0.4 is 5.32 Å². The molecule has 1 aliphatic heterocycles. The summed E-state index contributed by atoms with van der Waals surface area (Å²) in [4.78, 5) is 27.4. The number of thioether (sulfide) groups is 1. The van der Waals surface area contributed by atoms with Crippen LogP contribution in [0.4, 0.5) is 5.69 Å². The van der Waals surface area contributed by atoms with Crippen molar-refractivity contribution in [1.82, 2.24) is 5.32 Å². The molecule has 0 unspecified atom stereocenters. The maximum absolute atomic E-state index is 12.1. The maximum atomic E-state index is 12.1. The van der Waals surface area contributed by atoms with Gasteiger partial charge in [-0.25, -0.2) is 0 Å². The number of amides is 1. The first-order valence-corrected chi connectivity index (χ1v) is 8.79. The molecule has 3 rings (SSSR count). The van der Waals surface area contributed by atoms with Gasteiger partial charge in [0.15, 0.2) is 5.17 Å². The predicted molar refractivity (Wildman–Crippen MR) is 104 cm³/mol. The summed E-state index contributed by atoms with van der Waals surface area (Å²) >= 11 is 1.24. The van der Waals surface area contributed by atoms with E-state index in [1.54, 1.807) is 18.2 Å². The number of nitro benzene ring substituents is 1. The van der Waals surface area contributed by atoms with E-state index in [1.165, 1.54) is 35.0 Å². The molecule has 0 aliphatic carbocycles. The summed E-state index contributed by atoms with van der Waals surface area (Å²) in [5.41, 5.74) is 4.03. The van der Waals surface area contributed by atoms with Gasteiger partial charge >= 0.3 is 0 Å². The molecule has 6 nitrogen and oxygen atoms in total. The highest BCUT2D eigenvalue weighted by atomic mass is 32.2. The first kappa shape index (κ1) is 17.9. The lowest BCUT2D eigenvalue weighted by molar-refractivity contribution is -0.384. The SMILES string of the molecule is Cc1cc(C)cc(CN=C2NC(=O)/C(=C/c3cccc([N+](=O)[O-])c3)S2)c1. The Morgan fingerprint density at radius 3 is 2.62 bits per heavy atom. The van der Waals surface area contributed by atoms with Crippen LogP contribution in [-0.2, 0) is 11.3 Å². The minimum atomic E-state index is -0.458.